The van der Waals surface area contributed by atoms with Crippen LogP contribution in [0.15, 0.2) is 74.8 Å². The van der Waals surface area contributed by atoms with Crippen LogP contribution in [0.4, 0.5) is 0 Å². The van der Waals surface area contributed by atoms with Gasteiger partial charge in [0.15, 0.2) is 0 Å². The number of carbonyl (C=O) groups excluding carboxylic acids is 1. The van der Waals surface area contributed by atoms with Crippen molar-refractivity contribution in [3.8, 4) is 11.3 Å². The Morgan fingerprint density at radius 3 is 2.50 bits per heavy atom. The van der Waals surface area contributed by atoms with Gasteiger partial charge in [0, 0.05) is 17.1 Å². The predicted molar refractivity (Wildman–Crippen MR) is 96.5 cm³/mol. The van der Waals surface area contributed by atoms with Gasteiger partial charge < -0.3 is 9.15 Å². The van der Waals surface area contributed by atoms with Crippen LogP contribution < -0.4 is 11.2 Å². The summed E-state index contributed by atoms with van der Waals surface area (Å²) in [6, 6.07) is 15.5. The van der Waals surface area contributed by atoms with E-state index in [9.17, 15) is 14.4 Å². The van der Waals surface area contributed by atoms with Crippen molar-refractivity contribution in [1.82, 2.24) is 4.40 Å². The summed E-state index contributed by atoms with van der Waals surface area (Å²) in [6.07, 6.45) is 1.49. The third-order valence-corrected chi connectivity index (χ3v) is 4.22. The van der Waals surface area contributed by atoms with Gasteiger partial charge in [-0.25, -0.2) is 9.59 Å². The third kappa shape index (κ3) is 2.31. The molecule has 0 spiro atoms. The molecular formula is C20H13NO5. The van der Waals surface area contributed by atoms with Crippen LogP contribution in [0.2, 0.25) is 0 Å². The van der Waals surface area contributed by atoms with Crippen molar-refractivity contribution >= 4 is 22.3 Å². The molecule has 0 saturated heterocycles. The van der Waals surface area contributed by atoms with Crippen LogP contribution in [0.1, 0.15) is 10.4 Å². The number of ether oxygens (including phenoxy) is 1. The Morgan fingerprint density at radius 1 is 1.04 bits per heavy atom. The Kier molecular flexibility index (Phi) is 3.65. The van der Waals surface area contributed by atoms with E-state index in [2.05, 4.69) is 0 Å². The molecule has 0 bridgehead atoms. The van der Waals surface area contributed by atoms with Gasteiger partial charge in [-0.05, 0) is 18.2 Å². The molecule has 3 heterocycles. The smallest absolute Gasteiger partial charge is 0.349 e. The number of fused-ring (bicyclic) bond motifs is 2. The van der Waals surface area contributed by atoms with Crippen LogP contribution in [-0.4, -0.2) is 17.5 Å². The highest BCUT2D eigenvalue weighted by molar-refractivity contribution is 6.10. The summed E-state index contributed by atoms with van der Waals surface area (Å²) in [5.74, 6) is -0.365. The summed E-state index contributed by atoms with van der Waals surface area (Å²) in [4.78, 5) is 37.8. The van der Waals surface area contributed by atoms with Gasteiger partial charge >= 0.3 is 11.6 Å². The molecule has 0 aliphatic carbocycles. The number of methoxy groups -OCH3 is 1. The number of esters is 1. The highest BCUT2D eigenvalue weighted by Crippen LogP contribution is 2.25. The normalized spacial score (nSPS) is 11.0. The summed E-state index contributed by atoms with van der Waals surface area (Å²) >= 11 is 0. The second-order valence-electron chi connectivity index (χ2n) is 5.68. The monoisotopic (exact) mass is 347 g/mol. The van der Waals surface area contributed by atoms with E-state index >= 15 is 0 Å². The second-order valence-corrected chi connectivity index (χ2v) is 5.68. The fourth-order valence-corrected chi connectivity index (χ4v) is 3.04. The maximum atomic E-state index is 12.8. The molecule has 0 unspecified atom stereocenters. The number of pyridine rings is 2. The molecule has 1 aromatic carbocycles. The molecule has 0 amide bonds. The van der Waals surface area contributed by atoms with Crippen molar-refractivity contribution in [2.75, 3.05) is 7.11 Å². The van der Waals surface area contributed by atoms with Gasteiger partial charge in [-0.3, -0.25) is 9.20 Å². The zero-order valence-electron chi connectivity index (χ0n) is 13.8. The molecule has 128 valence electrons. The first-order valence-corrected chi connectivity index (χ1v) is 7.87. The molecule has 0 saturated carbocycles. The van der Waals surface area contributed by atoms with E-state index in [-0.39, 0.29) is 22.1 Å². The van der Waals surface area contributed by atoms with Crippen molar-refractivity contribution in [2.45, 2.75) is 0 Å². The highest BCUT2D eigenvalue weighted by Gasteiger charge is 2.22. The van der Waals surface area contributed by atoms with Crippen LogP contribution in [-0.2, 0) is 4.74 Å². The standard InChI is InChI=1S/C20H13NO5/c1-25-19(23)16-13-11-15(12-7-3-2-4-8-12)26-20(24)17(13)18(22)21-10-6-5-9-14(16)21/h2-11H,1H3. The minimum absolute atomic E-state index is 0.146. The number of benzene rings is 1. The lowest BCUT2D eigenvalue weighted by atomic mass is 10.0. The van der Waals surface area contributed by atoms with E-state index in [1.165, 1.54) is 23.8 Å². The molecule has 4 rings (SSSR count). The molecule has 4 aromatic rings. The maximum absolute atomic E-state index is 12.8. The predicted octanol–water partition coefficient (Wildman–Crippen LogP) is 2.86. The average molecular weight is 347 g/mol. The zero-order chi connectivity index (χ0) is 18.3. The van der Waals surface area contributed by atoms with E-state index in [0.29, 0.717) is 11.1 Å². The summed E-state index contributed by atoms with van der Waals surface area (Å²) in [5.41, 5.74) is -0.170. The molecule has 6 nitrogen and oxygen atoms in total. The van der Waals surface area contributed by atoms with Crippen LogP contribution in [0, 0.1) is 0 Å². The Hall–Kier alpha value is -3.67. The van der Waals surface area contributed by atoms with Crippen molar-refractivity contribution in [3.63, 3.8) is 0 Å². The summed E-state index contributed by atoms with van der Waals surface area (Å²) in [7, 11) is 1.25. The van der Waals surface area contributed by atoms with Crippen LogP contribution in [0.5, 0.6) is 0 Å². The average Bonchev–Trinajstić information content (AvgIpc) is 2.68. The zero-order valence-corrected chi connectivity index (χ0v) is 13.8. The van der Waals surface area contributed by atoms with Gasteiger partial charge in [-0.2, -0.15) is 0 Å². The Bertz CT molecular complexity index is 1270. The lowest BCUT2D eigenvalue weighted by molar-refractivity contribution is 0.0604. The molecule has 0 atom stereocenters. The molecule has 0 radical (unpaired) electrons. The molecular weight excluding hydrogens is 334 g/mol. The largest absolute Gasteiger partial charge is 0.465 e. The van der Waals surface area contributed by atoms with E-state index in [1.54, 1.807) is 42.5 Å². The topological polar surface area (TPSA) is 78.0 Å². The van der Waals surface area contributed by atoms with Gasteiger partial charge in [-0.15, -0.1) is 0 Å². The number of hydrogen-bond acceptors (Lipinski definition) is 5. The maximum Gasteiger partial charge on any atom is 0.349 e. The van der Waals surface area contributed by atoms with E-state index in [0.717, 1.165) is 0 Å². The first-order valence-electron chi connectivity index (χ1n) is 7.87. The molecule has 0 aliphatic rings. The SMILES string of the molecule is COC(=O)c1c2cc(-c3ccccc3)oc(=O)c2c(=O)n2ccccc12. The molecule has 26 heavy (non-hydrogen) atoms. The minimum atomic E-state index is -0.797. The van der Waals surface area contributed by atoms with E-state index in [4.69, 9.17) is 9.15 Å². The minimum Gasteiger partial charge on any atom is -0.465 e. The van der Waals surface area contributed by atoms with E-state index in [1.807, 2.05) is 6.07 Å². The molecule has 6 heteroatoms. The quantitative estimate of drug-likeness (QED) is 0.412. The third-order valence-electron chi connectivity index (χ3n) is 4.22. The molecule has 0 aliphatic heterocycles. The molecule has 3 aromatic heterocycles. The Labute approximate surface area is 146 Å². The summed E-state index contributed by atoms with van der Waals surface area (Å²) < 4.78 is 11.5. The van der Waals surface area contributed by atoms with Crippen LogP contribution in [0.25, 0.3) is 27.6 Å². The van der Waals surface area contributed by atoms with Crippen molar-refractivity contribution in [1.29, 1.82) is 0 Å². The van der Waals surface area contributed by atoms with Crippen LogP contribution in [0.3, 0.4) is 0 Å². The lowest BCUT2D eigenvalue weighted by Crippen LogP contribution is -2.23. The lowest BCUT2D eigenvalue weighted by Gasteiger charge is -2.10. The van der Waals surface area contributed by atoms with Gasteiger partial charge in [0.25, 0.3) is 5.56 Å². The summed E-state index contributed by atoms with van der Waals surface area (Å²) in [5, 5.41) is 0.0249. The van der Waals surface area contributed by atoms with Crippen molar-refractivity contribution < 1.29 is 13.9 Å². The number of rotatable bonds is 2. The highest BCUT2D eigenvalue weighted by atomic mass is 16.5. The van der Waals surface area contributed by atoms with E-state index < -0.39 is 17.2 Å². The number of nitrogens with zero attached hydrogens (tertiary/aromatic N) is 1. The first kappa shape index (κ1) is 15.8. The Balaban J connectivity index is 2.23. The number of hydrogen-bond donors (Lipinski definition) is 0. The fourth-order valence-electron chi connectivity index (χ4n) is 3.04. The Morgan fingerprint density at radius 2 is 1.77 bits per heavy atom. The fraction of sp³-hybridized carbons (Fsp3) is 0.0500. The van der Waals surface area contributed by atoms with Gasteiger partial charge in [0.1, 0.15) is 11.1 Å². The molecule has 0 fully saturated rings. The molecule has 0 N–H and O–H groups in total. The first-order chi connectivity index (χ1) is 12.6. The van der Waals surface area contributed by atoms with Gasteiger partial charge in [-0.1, -0.05) is 36.4 Å². The van der Waals surface area contributed by atoms with Crippen molar-refractivity contribution in [2.24, 2.45) is 0 Å². The summed E-state index contributed by atoms with van der Waals surface area (Å²) in [6.45, 7) is 0. The van der Waals surface area contributed by atoms with Gasteiger partial charge in [0.2, 0.25) is 0 Å². The second kappa shape index (κ2) is 6.00. The van der Waals surface area contributed by atoms with Crippen molar-refractivity contribution in [3.05, 3.63) is 87.1 Å². The van der Waals surface area contributed by atoms with Gasteiger partial charge in [0.05, 0.1) is 18.2 Å². The van der Waals surface area contributed by atoms with Crippen LogP contribution >= 0.6 is 0 Å². The number of aromatic nitrogens is 1. The number of carbonyl (C=O) groups is 1.